The van der Waals surface area contributed by atoms with E-state index in [0.717, 1.165) is 19.3 Å². The molecule has 8 heteroatoms. The van der Waals surface area contributed by atoms with Crippen LogP contribution in [0.1, 0.15) is 45.4 Å². The molecule has 28 heavy (non-hydrogen) atoms. The molecule has 1 saturated heterocycles. The minimum atomic E-state index is -3.71. The summed E-state index contributed by atoms with van der Waals surface area (Å²) in [6.07, 6.45) is 5.87. The minimum Gasteiger partial charge on any atom is -0.495 e. The second kappa shape index (κ2) is 9.01. The number of carbonyl (C=O) groups excluding carboxylic acids is 1. The monoisotopic (exact) mass is 428 g/mol. The molecule has 1 aromatic rings. The number of piperidine rings is 1. The van der Waals surface area contributed by atoms with Crippen molar-refractivity contribution in [3.8, 4) is 5.75 Å². The fourth-order valence-electron chi connectivity index (χ4n) is 4.16. The third kappa shape index (κ3) is 4.63. The zero-order chi connectivity index (χ0) is 20.3. The van der Waals surface area contributed by atoms with Crippen LogP contribution in [-0.2, 0) is 14.8 Å². The summed E-state index contributed by atoms with van der Waals surface area (Å²) in [6, 6.07) is 4.65. The molecule has 1 saturated carbocycles. The summed E-state index contributed by atoms with van der Waals surface area (Å²) in [4.78, 5) is 12.9. The normalized spacial score (nSPS) is 26.6. The van der Waals surface area contributed by atoms with Crippen molar-refractivity contribution in [2.75, 3.05) is 20.2 Å². The Morgan fingerprint density at radius 2 is 1.96 bits per heavy atom. The van der Waals surface area contributed by atoms with E-state index in [4.69, 9.17) is 16.3 Å². The predicted octanol–water partition coefficient (Wildman–Crippen LogP) is 3.44. The summed E-state index contributed by atoms with van der Waals surface area (Å²) in [5, 5.41) is 3.43. The number of amides is 1. The molecular formula is C20H29ClN2O4S. The average Bonchev–Trinajstić information content (AvgIpc) is 2.69. The van der Waals surface area contributed by atoms with Crippen molar-refractivity contribution in [2.45, 2.75) is 56.4 Å². The van der Waals surface area contributed by atoms with Gasteiger partial charge in [0, 0.05) is 19.1 Å². The van der Waals surface area contributed by atoms with Crippen LogP contribution in [0.15, 0.2) is 23.1 Å². The summed E-state index contributed by atoms with van der Waals surface area (Å²) in [5.41, 5.74) is 0. The van der Waals surface area contributed by atoms with E-state index in [-0.39, 0.29) is 34.3 Å². The summed E-state index contributed by atoms with van der Waals surface area (Å²) in [5.74, 6) is 0.568. The van der Waals surface area contributed by atoms with Gasteiger partial charge < -0.3 is 10.1 Å². The van der Waals surface area contributed by atoms with Gasteiger partial charge in [-0.15, -0.1) is 0 Å². The standard InChI is InChI=1S/C20H29ClN2O4S/c1-14-6-3-4-8-18(14)22-20(24)15-7-5-11-23(13-15)28(25,26)16-9-10-19(27-2)17(21)12-16/h9-10,12,14-15,18H,3-8,11,13H2,1-2H3,(H,22,24)/t14-,15+,18-/m0/s1. The van der Waals surface area contributed by atoms with Crippen LogP contribution in [0, 0.1) is 11.8 Å². The van der Waals surface area contributed by atoms with Crippen LogP contribution in [0.25, 0.3) is 0 Å². The van der Waals surface area contributed by atoms with Crippen molar-refractivity contribution in [1.29, 1.82) is 0 Å². The van der Waals surface area contributed by atoms with Gasteiger partial charge in [0.25, 0.3) is 0 Å². The molecule has 2 aliphatic rings. The number of sulfonamides is 1. The molecule has 3 rings (SSSR count). The van der Waals surface area contributed by atoms with Crippen molar-refractivity contribution in [3.63, 3.8) is 0 Å². The Hall–Kier alpha value is -1.31. The van der Waals surface area contributed by atoms with Crippen molar-refractivity contribution >= 4 is 27.5 Å². The number of nitrogens with one attached hydrogen (secondary N) is 1. The molecule has 1 heterocycles. The molecule has 0 aromatic heterocycles. The first-order valence-electron chi connectivity index (χ1n) is 9.97. The van der Waals surface area contributed by atoms with Crippen LogP contribution in [-0.4, -0.2) is 44.9 Å². The number of nitrogens with zero attached hydrogens (tertiary/aromatic N) is 1. The van der Waals surface area contributed by atoms with E-state index >= 15 is 0 Å². The van der Waals surface area contributed by atoms with Gasteiger partial charge in [-0.2, -0.15) is 4.31 Å². The third-order valence-corrected chi connectivity index (χ3v) is 8.11. The number of rotatable bonds is 5. The predicted molar refractivity (Wildman–Crippen MR) is 109 cm³/mol. The lowest BCUT2D eigenvalue weighted by atomic mass is 9.85. The van der Waals surface area contributed by atoms with E-state index in [1.807, 2.05) is 0 Å². The minimum absolute atomic E-state index is 0.0218. The fraction of sp³-hybridized carbons (Fsp3) is 0.650. The smallest absolute Gasteiger partial charge is 0.243 e. The Bertz CT molecular complexity index is 814. The molecular weight excluding hydrogens is 400 g/mol. The number of benzene rings is 1. The van der Waals surface area contributed by atoms with Gasteiger partial charge in [-0.1, -0.05) is 31.4 Å². The second-order valence-electron chi connectivity index (χ2n) is 7.88. The highest BCUT2D eigenvalue weighted by Gasteiger charge is 2.35. The van der Waals surface area contributed by atoms with E-state index in [2.05, 4.69) is 12.2 Å². The second-order valence-corrected chi connectivity index (χ2v) is 10.2. The summed E-state index contributed by atoms with van der Waals surface area (Å²) < 4.78 is 32.6. The maximum atomic E-state index is 13.0. The van der Waals surface area contributed by atoms with Crippen molar-refractivity contribution < 1.29 is 17.9 Å². The highest BCUT2D eigenvalue weighted by atomic mass is 35.5. The molecule has 156 valence electrons. The molecule has 2 fully saturated rings. The van der Waals surface area contributed by atoms with E-state index in [0.29, 0.717) is 31.1 Å². The van der Waals surface area contributed by atoms with Gasteiger partial charge in [0.1, 0.15) is 5.75 Å². The average molecular weight is 429 g/mol. The van der Waals surface area contributed by atoms with Crippen LogP contribution in [0.2, 0.25) is 5.02 Å². The molecule has 1 aliphatic heterocycles. The van der Waals surface area contributed by atoms with Crippen LogP contribution >= 0.6 is 11.6 Å². The van der Waals surface area contributed by atoms with Gasteiger partial charge in [-0.25, -0.2) is 8.42 Å². The molecule has 0 radical (unpaired) electrons. The summed E-state index contributed by atoms with van der Waals surface area (Å²) in [7, 11) is -2.22. The molecule has 0 unspecified atom stereocenters. The maximum absolute atomic E-state index is 13.0. The highest BCUT2D eigenvalue weighted by Crippen LogP contribution is 2.30. The molecule has 6 nitrogen and oxygen atoms in total. The molecule has 0 bridgehead atoms. The number of hydrogen-bond acceptors (Lipinski definition) is 4. The van der Waals surface area contributed by atoms with Crippen LogP contribution < -0.4 is 10.1 Å². The Balaban J connectivity index is 1.69. The van der Waals surface area contributed by atoms with Crippen molar-refractivity contribution in [1.82, 2.24) is 9.62 Å². The Morgan fingerprint density at radius 3 is 2.64 bits per heavy atom. The van der Waals surface area contributed by atoms with Crippen LogP contribution in [0.5, 0.6) is 5.75 Å². The van der Waals surface area contributed by atoms with Gasteiger partial charge >= 0.3 is 0 Å². The number of ether oxygens (including phenoxy) is 1. The lowest BCUT2D eigenvalue weighted by molar-refractivity contribution is -0.127. The number of halogens is 1. The van der Waals surface area contributed by atoms with Gasteiger partial charge in [-0.05, 0) is 49.8 Å². The topological polar surface area (TPSA) is 75.7 Å². The largest absolute Gasteiger partial charge is 0.495 e. The molecule has 3 atom stereocenters. The van der Waals surface area contributed by atoms with Crippen molar-refractivity contribution in [3.05, 3.63) is 23.2 Å². The zero-order valence-corrected chi connectivity index (χ0v) is 18.1. The van der Waals surface area contributed by atoms with Crippen LogP contribution in [0.4, 0.5) is 0 Å². The van der Waals surface area contributed by atoms with Crippen molar-refractivity contribution in [2.24, 2.45) is 11.8 Å². The highest BCUT2D eigenvalue weighted by molar-refractivity contribution is 7.89. The lowest BCUT2D eigenvalue weighted by Gasteiger charge is -2.34. The number of methoxy groups -OCH3 is 1. The molecule has 1 aliphatic carbocycles. The van der Waals surface area contributed by atoms with Crippen LogP contribution in [0.3, 0.4) is 0 Å². The molecule has 0 spiro atoms. The van der Waals surface area contributed by atoms with E-state index in [9.17, 15) is 13.2 Å². The van der Waals surface area contributed by atoms with E-state index in [1.165, 1.54) is 30.0 Å². The van der Waals surface area contributed by atoms with Gasteiger partial charge in [-0.3, -0.25) is 4.79 Å². The van der Waals surface area contributed by atoms with Gasteiger partial charge in [0.15, 0.2) is 0 Å². The van der Waals surface area contributed by atoms with Gasteiger partial charge in [0.2, 0.25) is 15.9 Å². The first-order valence-corrected chi connectivity index (χ1v) is 11.8. The number of carbonyl (C=O) groups is 1. The van der Waals surface area contributed by atoms with E-state index < -0.39 is 10.0 Å². The third-order valence-electron chi connectivity index (χ3n) is 5.96. The molecule has 1 N–H and O–H groups in total. The maximum Gasteiger partial charge on any atom is 0.243 e. The fourth-order valence-corrected chi connectivity index (χ4v) is 6.04. The summed E-state index contributed by atoms with van der Waals surface area (Å²) >= 11 is 6.10. The molecule has 1 amide bonds. The quantitative estimate of drug-likeness (QED) is 0.779. The first kappa shape index (κ1) is 21.4. The Kier molecular flexibility index (Phi) is 6.89. The SMILES string of the molecule is COc1ccc(S(=O)(=O)N2CCC[C@@H](C(=O)N[C@H]3CCCC[C@@H]3C)C2)cc1Cl. The first-order chi connectivity index (χ1) is 13.3. The Labute approximate surface area is 172 Å². The van der Waals surface area contributed by atoms with Gasteiger partial charge in [0.05, 0.1) is 22.9 Å². The zero-order valence-electron chi connectivity index (χ0n) is 16.5. The molecule has 1 aromatic carbocycles. The number of hydrogen-bond donors (Lipinski definition) is 1. The van der Waals surface area contributed by atoms with E-state index in [1.54, 1.807) is 6.07 Å². The Morgan fingerprint density at radius 1 is 1.21 bits per heavy atom. The lowest BCUT2D eigenvalue weighted by Crippen LogP contribution is -2.49. The summed E-state index contributed by atoms with van der Waals surface area (Å²) in [6.45, 7) is 2.80.